The van der Waals surface area contributed by atoms with Crippen LogP contribution in [-0.4, -0.2) is 97.1 Å². The van der Waals surface area contributed by atoms with Crippen LogP contribution in [0, 0.1) is 16.6 Å². The second-order valence-corrected chi connectivity index (χ2v) is 19.0. The highest BCUT2D eigenvalue weighted by Crippen LogP contribution is 2.47. The SMILES string of the molecule is COC(=O)N[C@H](C(=O)N1CCC[C@H]1C(=O)Nc1cccc([C@H]2CC[C@H](c3cccc(NC(=O)[C@@H]4CCCN4C(=O)[C@@H](NC(=O)OC)C(C)(C)C)c3)N2c2ccc(F)cc2)c1)C(C)(C)C. The highest BCUT2D eigenvalue weighted by atomic mass is 19.1. The molecular weight excluding hydrogens is 822 g/mol. The van der Waals surface area contributed by atoms with Crippen LogP contribution in [0.1, 0.15) is 103 Å². The molecule has 3 fully saturated rings. The molecular formula is C48H62FN7O8. The van der Waals surface area contributed by atoms with E-state index in [1.807, 2.05) is 77.9 Å². The Balaban J connectivity index is 1.20. The molecule has 0 bridgehead atoms. The van der Waals surface area contributed by atoms with Gasteiger partial charge in [0.05, 0.1) is 26.3 Å². The third-order valence-corrected chi connectivity index (χ3v) is 12.4. The fourth-order valence-corrected chi connectivity index (χ4v) is 9.13. The Morgan fingerprint density at radius 3 is 1.39 bits per heavy atom. The molecule has 344 valence electrons. The number of hydrogen-bond donors (Lipinski definition) is 4. The van der Waals surface area contributed by atoms with Crippen molar-refractivity contribution in [1.82, 2.24) is 20.4 Å². The Hall–Kier alpha value is -6.19. The Morgan fingerprint density at radius 1 is 0.609 bits per heavy atom. The molecule has 16 heteroatoms. The summed E-state index contributed by atoms with van der Waals surface area (Å²) in [6.45, 7) is 11.8. The maximum absolute atomic E-state index is 14.3. The smallest absolute Gasteiger partial charge is 0.407 e. The van der Waals surface area contributed by atoms with E-state index in [0.29, 0.717) is 50.1 Å². The molecule has 3 saturated heterocycles. The number of benzene rings is 3. The van der Waals surface area contributed by atoms with Crippen LogP contribution in [0.5, 0.6) is 0 Å². The summed E-state index contributed by atoms with van der Waals surface area (Å²) in [5.41, 5.74) is 2.47. The van der Waals surface area contributed by atoms with E-state index < -0.39 is 47.2 Å². The van der Waals surface area contributed by atoms with Gasteiger partial charge in [0.15, 0.2) is 0 Å². The average Bonchev–Trinajstić information content (AvgIpc) is 4.05. The van der Waals surface area contributed by atoms with Crippen LogP contribution in [0.2, 0.25) is 0 Å². The van der Waals surface area contributed by atoms with Gasteiger partial charge < -0.3 is 45.4 Å². The Kier molecular flexibility index (Phi) is 14.5. The van der Waals surface area contributed by atoms with E-state index in [1.165, 1.54) is 36.2 Å². The predicted octanol–water partition coefficient (Wildman–Crippen LogP) is 7.31. The van der Waals surface area contributed by atoms with Gasteiger partial charge >= 0.3 is 12.2 Å². The normalized spacial score (nSPS) is 20.9. The lowest BCUT2D eigenvalue weighted by molar-refractivity contribution is -0.140. The van der Waals surface area contributed by atoms with Crippen LogP contribution in [-0.2, 0) is 28.7 Å². The molecule has 3 aliphatic heterocycles. The lowest BCUT2D eigenvalue weighted by Crippen LogP contribution is -2.57. The number of carbonyl (C=O) groups excluding carboxylic acids is 6. The largest absolute Gasteiger partial charge is 0.453 e. The van der Waals surface area contributed by atoms with Gasteiger partial charge in [0, 0.05) is 30.2 Å². The van der Waals surface area contributed by atoms with Gasteiger partial charge in [-0.3, -0.25) is 19.2 Å². The summed E-state index contributed by atoms with van der Waals surface area (Å²) in [5, 5.41) is 11.4. The van der Waals surface area contributed by atoms with Crippen molar-refractivity contribution < 1.29 is 42.6 Å². The van der Waals surface area contributed by atoms with E-state index in [4.69, 9.17) is 9.47 Å². The number of alkyl carbamates (subject to hydrolysis) is 2. The summed E-state index contributed by atoms with van der Waals surface area (Å²) >= 11 is 0. The van der Waals surface area contributed by atoms with Gasteiger partial charge in [-0.05, 0) is 109 Å². The first-order valence-corrected chi connectivity index (χ1v) is 22.0. The van der Waals surface area contributed by atoms with E-state index in [-0.39, 0.29) is 41.5 Å². The van der Waals surface area contributed by atoms with Gasteiger partial charge in [0.1, 0.15) is 30.0 Å². The highest BCUT2D eigenvalue weighted by Gasteiger charge is 2.44. The summed E-state index contributed by atoms with van der Waals surface area (Å²) in [7, 11) is 2.47. The number of anilines is 3. The lowest BCUT2D eigenvalue weighted by atomic mass is 9.85. The molecule has 6 rings (SSSR count). The minimum absolute atomic E-state index is 0.181. The van der Waals surface area contributed by atoms with Crippen LogP contribution in [0.4, 0.5) is 31.0 Å². The van der Waals surface area contributed by atoms with E-state index in [1.54, 1.807) is 24.3 Å². The van der Waals surface area contributed by atoms with Gasteiger partial charge in [-0.25, -0.2) is 14.0 Å². The van der Waals surface area contributed by atoms with Crippen LogP contribution >= 0.6 is 0 Å². The standard InChI is InChI=1S/C48H62FN7O8/c1-47(2,3)39(52-45(61)63-7)43(59)54-25-11-17-37(54)41(57)50-32-15-9-13-29(27-32)35-23-24-36(56(35)34-21-19-31(49)20-22-34)30-14-10-16-33(28-30)51-42(58)38-18-12-26-55(38)44(60)40(48(4,5)6)53-46(62)64-8/h9-10,13-16,19-22,27-28,35-40H,11-12,17-18,23-26H2,1-8H3,(H,50,57)(H,51,58)(H,52,61)(H,53,62)/t35-,36-,37+,38+,39-,40-/m1/s1. The summed E-state index contributed by atoms with van der Waals surface area (Å²) in [5.74, 6) is -1.73. The maximum Gasteiger partial charge on any atom is 0.407 e. The van der Waals surface area contributed by atoms with E-state index in [0.717, 1.165) is 29.7 Å². The third kappa shape index (κ3) is 10.8. The van der Waals surface area contributed by atoms with Crippen molar-refractivity contribution in [3.63, 3.8) is 0 Å². The summed E-state index contributed by atoms with van der Waals surface area (Å²) in [6, 6.07) is 17.9. The number of methoxy groups -OCH3 is 2. The first kappa shape index (κ1) is 47.3. The van der Waals surface area contributed by atoms with Crippen LogP contribution in [0.25, 0.3) is 0 Å². The molecule has 15 nitrogen and oxygen atoms in total. The van der Waals surface area contributed by atoms with Gasteiger partial charge in [0.2, 0.25) is 23.6 Å². The Labute approximate surface area is 374 Å². The molecule has 4 N–H and O–H groups in total. The molecule has 0 spiro atoms. The zero-order chi connectivity index (χ0) is 46.5. The molecule has 3 aliphatic rings. The van der Waals surface area contributed by atoms with Gasteiger partial charge in [-0.15, -0.1) is 0 Å². The Bertz CT molecular complexity index is 2070. The third-order valence-electron chi connectivity index (χ3n) is 12.4. The zero-order valence-electron chi connectivity index (χ0n) is 38.0. The molecule has 0 aromatic heterocycles. The molecule has 0 aliphatic carbocycles. The van der Waals surface area contributed by atoms with Crippen molar-refractivity contribution in [1.29, 1.82) is 0 Å². The van der Waals surface area contributed by atoms with Gasteiger partial charge in [-0.2, -0.15) is 0 Å². The van der Waals surface area contributed by atoms with Gasteiger partial charge in [0.25, 0.3) is 0 Å². The number of nitrogens with zero attached hydrogens (tertiary/aromatic N) is 3. The van der Waals surface area contributed by atoms with Crippen molar-refractivity contribution in [2.24, 2.45) is 10.8 Å². The molecule has 64 heavy (non-hydrogen) atoms. The summed E-state index contributed by atoms with van der Waals surface area (Å²) in [6.07, 6.45) is 2.19. The van der Waals surface area contributed by atoms with Crippen LogP contribution in [0.15, 0.2) is 72.8 Å². The lowest BCUT2D eigenvalue weighted by Gasteiger charge is -2.35. The minimum Gasteiger partial charge on any atom is -0.453 e. The van der Waals surface area contributed by atoms with Crippen LogP contribution < -0.4 is 26.2 Å². The van der Waals surface area contributed by atoms with E-state index in [9.17, 15) is 33.2 Å². The number of carbonyl (C=O) groups is 6. The monoisotopic (exact) mass is 883 g/mol. The Morgan fingerprint density at radius 2 is 1.02 bits per heavy atom. The molecule has 6 amide bonds. The fraction of sp³-hybridized carbons (Fsp3) is 0.500. The molecule has 6 atom stereocenters. The molecule has 0 saturated carbocycles. The highest BCUT2D eigenvalue weighted by molar-refractivity contribution is 6.00. The van der Waals surface area contributed by atoms with E-state index in [2.05, 4.69) is 26.2 Å². The zero-order valence-corrected chi connectivity index (χ0v) is 38.0. The average molecular weight is 884 g/mol. The maximum atomic E-state index is 14.3. The van der Waals surface area contributed by atoms with Crippen molar-refractivity contribution >= 4 is 52.9 Å². The number of ether oxygens (including phenoxy) is 2. The number of nitrogens with one attached hydrogen (secondary N) is 4. The molecule has 3 aromatic rings. The van der Waals surface area contributed by atoms with Crippen molar-refractivity contribution in [3.05, 3.63) is 89.7 Å². The van der Waals surface area contributed by atoms with Crippen molar-refractivity contribution in [2.45, 2.75) is 116 Å². The number of halogens is 1. The number of hydrogen-bond acceptors (Lipinski definition) is 9. The van der Waals surface area contributed by atoms with Crippen molar-refractivity contribution in [2.75, 3.05) is 42.8 Å². The second-order valence-electron chi connectivity index (χ2n) is 19.0. The molecule has 0 radical (unpaired) electrons. The number of rotatable bonds is 11. The molecule has 3 aromatic carbocycles. The van der Waals surface area contributed by atoms with Crippen molar-refractivity contribution in [3.8, 4) is 0 Å². The topological polar surface area (TPSA) is 179 Å². The number of likely N-dealkylation sites (tertiary alicyclic amines) is 2. The van der Waals surface area contributed by atoms with Gasteiger partial charge in [-0.1, -0.05) is 65.8 Å². The molecule has 0 unspecified atom stereocenters. The number of amides is 6. The summed E-state index contributed by atoms with van der Waals surface area (Å²) in [4.78, 5) is 85.1. The first-order chi connectivity index (χ1) is 30.3. The second kappa shape index (κ2) is 19.7. The fourth-order valence-electron chi connectivity index (χ4n) is 9.13. The predicted molar refractivity (Wildman–Crippen MR) is 241 cm³/mol. The molecule has 3 heterocycles. The quantitative estimate of drug-likeness (QED) is 0.154. The summed E-state index contributed by atoms with van der Waals surface area (Å²) < 4.78 is 23.9. The first-order valence-electron chi connectivity index (χ1n) is 22.0. The van der Waals surface area contributed by atoms with Crippen LogP contribution in [0.3, 0.4) is 0 Å². The minimum atomic E-state index is -0.903. The van der Waals surface area contributed by atoms with E-state index >= 15 is 0 Å².